The van der Waals surface area contributed by atoms with E-state index < -0.39 is 7.43 Å². The van der Waals surface area contributed by atoms with Crippen LogP contribution in [0.2, 0.25) is 0 Å². The third-order valence-electron chi connectivity index (χ3n) is 4.70. The van der Waals surface area contributed by atoms with Crippen molar-refractivity contribution in [3.05, 3.63) is 95.6 Å². The van der Waals surface area contributed by atoms with Crippen LogP contribution in [0.25, 0.3) is 11.6 Å². The molecule has 0 spiro atoms. The van der Waals surface area contributed by atoms with Crippen molar-refractivity contribution in [1.29, 1.82) is 0 Å². The quantitative estimate of drug-likeness (QED) is 0.399. The number of hydrogen-bond acceptors (Lipinski definition) is 1. The summed E-state index contributed by atoms with van der Waals surface area (Å²) in [6, 6.07) is 27.8. The van der Waals surface area contributed by atoms with Crippen LogP contribution in [0.3, 0.4) is 0 Å². The molecule has 1 aliphatic heterocycles. The molecule has 0 radical (unpaired) electrons. The minimum absolute atomic E-state index is 0.0195. The fourth-order valence-corrected chi connectivity index (χ4v) is 5.22. The van der Waals surface area contributed by atoms with Crippen LogP contribution in [0.5, 0.6) is 0 Å². The summed E-state index contributed by atoms with van der Waals surface area (Å²) in [5.74, 6) is 0. The van der Waals surface area contributed by atoms with E-state index in [-0.39, 0.29) is 5.16 Å². The number of hydrogen-bond donors (Lipinski definition) is 0. The average molecular weight is 392 g/mol. The van der Waals surface area contributed by atoms with Gasteiger partial charge in [-0.05, 0) is 34.9 Å². The van der Waals surface area contributed by atoms with Crippen LogP contribution in [-0.2, 0) is 0 Å². The Morgan fingerprint density at radius 1 is 0.741 bits per heavy atom. The van der Waals surface area contributed by atoms with Crippen LogP contribution in [-0.4, -0.2) is 5.16 Å². The number of anilines is 2. The van der Waals surface area contributed by atoms with E-state index in [1.54, 1.807) is 0 Å². The van der Waals surface area contributed by atoms with E-state index in [9.17, 15) is 0 Å². The van der Waals surface area contributed by atoms with Crippen molar-refractivity contribution < 1.29 is 0 Å². The Hall–Kier alpha value is -2.08. The van der Waals surface area contributed by atoms with Gasteiger partial charge in [-0.25, -0.2) is 0 Å². The highest BCUT2D eigenvalue weighted by molar-refractivity contribution is 7.86. The number of nitrogens with zero attached hydrogens (tertiary/aromatic N) is 1. The molecule has 0 aliphatic carbocycles. The number of rotatable bonds is 2. The summed E-state index contributed by atoms with van der Waals surface area (Å²) in [4.78, 5) is 0. The number of halogens is 1. The second-order valence-electron chi connectivity index (χ2n) is 7.74. The maximum absolute atomic E-state index is 7.13. The van der Waals surface area contributed by atoms with E-state index in [2.05, 4.69) is 110 Å². The Morgan fingerprint density at radius 2 is 1.33 bits per heavy atom. The fourth-order valence-electron chi connectivity index (χ4n) is 3.40. The molecule has 1 nitrogen and oxygen atoms in total. The molecule has 3 aromatic carbocycles. The van der Waals surface area contributed by atoms with Crippen LogP contribution in [0.15, 0.2) is 78.9 Å². The van der Waals surface area contributed by atoms with Gasteiger partial charge in [-0.2, -0.15) is 0 Å². The molecule has 0 unspecified atom stereocenters. The summed E-state index contributed by atoms with van der Waals surface area (Å²) in [6.07, 6.45) is 2.30. The zero-order valence-corrected chi connectivity index (χ0v) is 17.5. The Labute approximate surface area is 167 Å². The number of benzene rings is 3. The average Bonchev–Trinajstić information content (AvgIpc) is 2.82. The smallest absolute Gasteiger partial charge is 0.0993 e. The molecule has 27 heavy (non-hydrogen) atoms. The molecule has 0 fully saturated rings. The predicted molar refractivity (Wildman–Crippen MR) is 121 cm³/mol. The van der Waals surface area contributed by atoms with Crippen LogP contribution in [0.4, 0.5) is 11.4 Å². The summed E-state index contributed by atoms with van der Waals surface area (Å²) in [5.41, 5.74) is 7.22. The molecule has 1 atom stereocenters. The highest BCUT2D eigenvalue weighted by Gasteiger charge is 2.34. The first kappa shape index (κ1) is 18.3. The third kappa shape index (κ3) is 3.43. The Kier molecular flexibility index (Phi) is 4.84. The van der Waals surface area contributed by atoms with Crippen LogP contribution in [0.1, 0.15) is 37.5 Å². The maximum atomic E-state index is 7.13. The largest absolute Gasteiger partial charge is 0.305 e. The van der Waals surface area contributed by atoms with Gasteiger partial charge in [-0.15, -0.1) is 0 Å². The molecule has 0 amide bonds. The van der Waals surface area contributed by atoms with Crippen molar-refractivity contribution in [1.82, 2.24) is 0 Å². The normalized spacial score (nSPS) is 14.7. The molecular formula is C24H23ClNP. The molecule has 3 heteroatoms. The SMILES string of the molecule is CC(C)(C)[P@](Cl)N1c2ccccc2C=C(c2ccccc2)c2ccccc21. The Bertz CT molecular complexity index is 989. The molecular weight excluding hydrogens is 369 g/mol. The lowest BCUT2D eigenvalue weighted by Crippen LogP contribution is -2.21. The first-order valence-corrected chi connectivity index (χ1v) is 11.4. The molecule has 3 aromatic rings. The van der Waals surface area contributed by atoms with Crippen molar-refractivity contribution in [3.63, 3.8) is 0 Å². The summed E-state index contributed by atoms with van der Waals surface area (Å²) >= 11 is 7.13. The molecule has 136 valence electrons. The second-order valence-corrected chi connectivity index (χ2v) is 11.0. The van der Waals surface area contributed by atoms with Gasteiger partial charge in [-0.3, -0.25) is 0 Å². The highest BCUT2D eigenvalue weighted by atomic mass is 35.7. The lowest BCUT2D eigenvalue weighted by molar-refractivity contribution is 0.789. The Balaban J connectivity index is 2.02. The van der Waals surface area contributed by atoms with Crippen molar-refractivity contribution in [2.45, 2.75) is 25.9 Å². The highest BCUT2D eigenvalue weighted by Crippen LogP contribution is 2.63. The summed E-state index contributed by atoms with van der Waals surface area (Å²) in [5, 5.41) is -0.0195. The molecule has 4 rings (SSSR count). The van der Waals surface area contributed by atoms with Crippen LogP contribution >= 0.6 is 18.7 Å². The molecule has 0 bridgehead atoms. The van der Waals surface area contributed by atoms with E-state index in [1.165, 1.54) is 33.6 Å². The zero-order valence-electron chi connectivity index (χ0n) is 15.9. The van der Waals surface area contributed by atoms with Crippen molar-refractivity contribution in [2.75, 3.05) is 4.67 Å². The van der Waals surface area contributed by atoms with Gasteiger partial charge in [0.2, 0.25) is 0 Å². The van der Waals surface area contributed by atoms with Gasteiger partial charge in [0.15, 0.2) is 0 Å². The van der Waals surface area contributed by atoms with Gasteiger partial charge >= 0.3 is 0 Å². The third-order valence-corrected chi connectivity index (χ3v) is 8.57. The molecule has 1 aliphatic rings. The fraction of sp³-hybridized carbons (Fsp3) is 0.167. The minimum Gasteiger partial charge on any atom is -0.305 e. The van der Waals surface area contributed by atoms with Crippen LogP contribution in [0, 0.1) is 0 Å². The van der Waals surface area contributed by atoms with Crippen molar-refractivity contribution >= 4 is 41.7 Å². The molecule has 1 heterocycles. The lowest BCUT2D eigenvalue weighted by atomic mass is 9.95. The van der Waals surface area contributed by atoms with Gasteiger partial charge in [0.25, 0.3) is 0 Å². The van der Waals surface area contributed by atoms with E-state index >= 15 is 0 Å². The van der Waals surface area contributed by atoms with Gasteiger partial charge in [0, 0.05) is 10.7 Å². The standard InChI is InChI=1S/C24H23ClNP/c1-24(2,3)27(25)26-22-15-9-7-13-19(22)17-21(18-11-5-4-6-12-18)20-14-8-10-16-23(20)26/h4-17H,1-3H3/t27-/m1/s1. The predicted octanol–water partition coefficient (Wildman–Crippen LogP) is 8.08. The summed E-state index contributed by atoms with van der Waals surface area (Å²) in [6.45, 7) is 6.65. The molecule has 0 N–H and O–H groups in total. The van der Waals surface area contributed by atoms with E-state index in [1.807, 2.05) is 0 Å². The van der Waals surface area contributed by atoms with Gasteiger partial charge < -0.3 is 4.67 Å². The van der Waals surface area contributed by atoms with E-state index in [4.69, 9.17) is 11.2 Å². The number of fused-ring (bicyclic) bond motifs is 2. The monoisotopic (exact) mass is 391 g/mol. The van der Waals surface area contributed by atoms with E-state index in [0.29, 0.717) is 0 Å². The van der Waals surface area contributed by atoms with Crippen molar-refractivity contribution in [3.8, 4) is 0 Å². The summed E-state index contributed by atoms with van der Waals surface area (Å²) in [7, 11) is -0.946. The first-order chi connectivity index (χ1) is 13.0. The first-order valence-electron chi connectivity index (χ1n) is 9.18. The van der Waals surface area contributed by atoms with Gasteiger partial charge in [-0.1, -0.05) is 98.7 Å². The van der Waals surface area contributed by atoms with Gasteiger partial charge in [0.1, 0.15) is 0 Å². The Morgan fingerprint density at radius 3 is 2.04 bits per heavy atom. The maximum Gasteiger partial charge on any atom is 0.0993 e. The summed E-state index contributed by atoms with van der Waals surface area (Å²) < 4.78 is 2.36. The van der Waals surface area contributed by atoms with Gasteiger partial charge in [0.05, 0.1) is 18.8 Å². The lowest BCUT2D eigenvalue weighted by Gasteiger charge is -2.38. The van der Waals surface area contributed by atoms with Crippen LogP contribution < -0.4 is 4.67 Å². The molecule has 0 saturated carbocycles. The topological polar surface area (TPSA) is 3.24 Å². The minimum atomic E-state index is -0.946. The molecule has 0 aromatic heterocycles. The van der Waals surface area contributed by atoms with Crippen molar-refractivity contribution in [2.24, 2.45) is 0 Å². The second kappa shape index (κ2) is 7.15. The molecule has 0 saturated heterocycles. The number of para-hydroxylation sites is 2. The van der Waals surface area contributed by atoms with E-state index in [0.717, 1.165) is 0 Å². The zero-order chi connectivity index (χ0) is 19.0.